The van der Waals surface area contributed by atoms with Gasteiger partial charge in [-0.05, 0) is 31.0 Å². The topological polar surface area (TPSA) is 37.8 Å². The maximum absolute atomic E-state index is 6.22. The van der Waals surface area contributed by atoms with Gasteiger partial charge in [-0.15, -0.1) is 0 Å². The highest BCUT2D eigenvalue weighted by Crippen LogP contribution is 2.40. The molecule has 3 rings (SSSR count). The first-order chi connectivity index (χ1) is 9.17. The van der Waals surface area contributed by atoms with Crippen molar-refractivity contribution in [3.8, 4) is 11.4 Å². The average molecular weight is 294 g/mol. The fourth-order valence-corrected chi connectivity index (χ4v) is 2.47. The first-order valence-electron chi connectivity index (χ1n) is 6.19. The van der Waals surface area contributed by atoms with Crippen LogP contribution < -0.4 is 5.32 Å². The molecule has 3 nitrogen and oxygen atoms in total. The third kappa shape index (κ3) is 2.67. The molecule has 0 atom stereocenters. The van der Waals surface area contributed by atoms with Gasteiger partial charge in [-0.3, -0.25) is 0 Å². The van der Waals surface area contributed by atoms with Gasteiger partial charge in [0.05, 0.1) is 5.02 Å². The Morgan fingerprint density at radius 2 is 1.95 bits per heavy atom. The molecule has 1 saturated carbocycles. The molecule has 0 radical (unpaired) electrons. The summed E-state index contributed by atoms with van der Waals surface area (Å²) in [6.45, 7) is 0. The van der Waals surface area contributed by atoms with Gasteiger partial charge in [-0.2, -0.15) is 0 Å². The van der Waals surface area contributed by atoms with Crippen LogP contribution in [0.2, 0.25) is 10.0 Å². The van der Waals surface area contributed by atoms with E-state index in [4.69, 9.17) is 23.2 Å². The molecule has 19 heavy (non-hydrogen) atoms. The highest BCUT2D eigenvalue weighted by atomic mass is 35.5. The summed E-state index contributed by atoms with van der Waals surface area (Å²) in [5, 5.41) is 4.25. The van der Waals surface area contributed by atoms with E-state index >= 15 is 0 Å². The minimum atomic E-state index is 0.569. The van der Waals surface area contributed by atoms with Gasteiger partial charge in [-0.1, -0.05) is 23.2 Å². The number of nitrogens with zero attached hydrogens (tertiary/aromatic N) is 2. The van der Waals surface area contributed by atoms with Crippen molar-refractivity contribution in [1.29, 1.82) is 0 Å². The fraction of sp³-hybridized carbons (Fsp3) is 0.286. The first kappa shape index (κ1) is 12.7. The summed E-state index contributed by atoms with van der Waals surface area (Å²) in [6.07, 6.45) is 2.40. The predicted octanol–water partition coefficient (Wildman–Crippen LogP) is 4.37. The van der Waals surface area contributed by atoms with Crippen molar-refractivity contribution in [3.05, 3.63) is 40.0 Å². The summed E-state index contributed by atoms with van der Waals surface area (Å²) >= 11 is 12.1. The standard InChI is InChI=1S/C14H13Cl2N3/c1-17-13-7-12(8-2-3-8)18-14(19-13)10-5-4-9(15)6-11(10)16/h4-8H,2-3H2,1H3,(H,17,18,19). The second-order valence-corrected chi connectivity index (χ2v) is 5.49. The maximum Gasteiger partial charge on any atom is 0.163 e. The van der Waals surface area contributed by atoms with E-state index in [9.17, 15) is 0 Å². The third-order valence-corrected chi connectivity index (χ3v) is 3.72. The van der Waals surface area contributed by atoms with Gasteiger partial charge in [0, 0.05) is 35.3 Å². The normalized spacial score (nSPS) is 14.5. The van der Waals surface area contributed by atoms with E-state index in [0.29, 0.717) is 21.8 Å². The molecule has 98 valence electrons. The van der Waals surface area contributed by atoms with Crippen LogP contribution in [0.5, 0.6) is 0 Å². The minimum Gasteiger partial charge on any atom is -0.373 e. The van der Waals surface area contributed by atoms with Gasteiger partial charge >= 0.3 is 0 Å². The van der Waals surface area contributed by atoms with Gasteiger partial charge in [0.2, 0.25) is 0 Å². The van der Waals surface area contributed by atoms with Crippen molar-refractivity contribution in [2.24, 2.45) is 0 Å². The van der Waals surface area contributed by atoms with Crippen LogP contribution in [0.3, 0.4) is 0 Å². The lowest BCUT2D eigenvalue weighted by molar-refractivity contribution is 0.995. The zero-order valence-electron chi connectivity index (χ0n) is 10.5. The summed E-state index contributed by atoms with van der Waals surface area (Å²) in [7, 11) is 1.85. The van der Waals surface area contributed by atoms with Crippen LogP contribution in [0.4, 0.5) is 5.82 Å². The lowest BCUT2D eigenvalue weighted by atomic mass is 10.2. The number of benzene rings is 1. The highest BCUT2D eigenvalue weighted by molar-refractivity contribution is 6.36. The number of nitrogens with one attached hydrogen (secondary N) is 1. The van der Waals surface area contributed by atoms with Crippen molar-refractivity contribution >= 4 is 29.0 Å². The molecule has 0 bridgehead atoms. The molecule has 1 N–H and O–H groups in total. The Hall–Kier alpha value is -1.32. The van der Waals surface area contributed by atoms with Crippen LogP contribution in [-0.2, 0) is 0 Å². The van der Waals surface area contributed by atoms with E-state index < -0.39 is 0 Å². The second-order valence-electron chi connectivity index (χ2n) is 4.65. The molecule has 1 aromatic heterocycles. The maximum atomic E-state index is 6.22. The highest BCUT2D eigenvalue weighted by Gasteiger charge is 2.26. The molecule has 0 saturated heterocycles. The van der Waals surface area contributed by atoms with E-state index in [2.05, 4.69) is 15.3 Å². The molecule has 1 aliphatic rings. The van der Waals surface area contributed by atoms with E-state index in [0.717, 1.165) is 17.1 Å². The van der Waals surface area contributed by atoms with Crippen molar-refractivity contribution < 1.29 is 0 Å². The molecule has 0 aliphatic heterocycles. The van der Waals surface area contributed by atoms with Crippen LogP contribution in [0.25, 0.3) is 11.4 Å². The van der Waals surface area contributed by atoms with Crippen LogP contribution in [0.1, 0.15) is 24.5 Å². The van der Waals surface area contributed by atoms with E-state index in [-0.39, 0.29) is 0 Å². The summed E-state index contributed by atoms with van der Waals surface area (Å²) in [5.74, 6) is 2.04. The van der Waals surface area contributed by atoms with Crippen molar-refractivity contribution in [2.75, 3.05) is 12.4 Å². The fourth-order valence-electron chi connectivity index (χ4n) is 1.97. The molecular formula is C14H13Cl2N3. The molecule has 1 fully saturated rings. The lowest BCUT2D eigenvalue weighted by Crippen LogP contribution is -2.00. The Balaban J connectivity index is 2.10. The van der Waals surface area contributed by atoms with Crippen LogP contribution in [-0.4, -0.2) is 17.0 Å². The first-order valence-corrected chi connectivity index (χ1v) is 6.95. The Morgan fingerprint density at radius 1 is 1.16 bits per heavy atom. The van der Waals surface area contributed by atoms with E-state index in [1.165, 1.54) is 12.8 Å². The number of hydrogen-bond acceptors (Lipinski definition) is 3. The predicted molar refractivity (Wildman–Crippen MR) is 79.0 cm³/mol. The van der Waals surface area contributed by atoms with Crippen LogP contribution in [0, 0.1) is 0 Å². The molecule has 5 heteroatoms. The Bertz CT molecular complexity index is 624. The van der Waals surface area contributed by atoms with Crippen LogP contribution >= 0.6 is 23.2 Å². The van der Waals surface area contributed by atoms with E-state index in [1.54, 1.807) is 12.1 Å². The van der Waals surface area contributed by atoms with Crippen molar-refractivity contribution in [2.45, 2.75) is 18.8 Å². The molecule has 1 heterocycles. The van der Waals surface area contributed by atoms with Gasteiger partial charge in [0.15, 0.2) is 5.82 Å². The average Bonchev–Trinajstić information content (AvgIpc) is 3.22. The number of anilines is 1. The number of aromatic nitrogens is 2. The molecule has 0 spiro atoms. The molecular weight excluding hydrogens is 281 g/mol. The molecule has 2 aromatic rings. The molecule has 0 unspecified atom stereocenters. The second kappa shape index (κ2) is 4.99. The number of hydrogen-bond donors (Lipinski definition) is 1. The molecule has 1 aromatic carbocycles. The van der Waals surface area contributed by atoms with Crippen LogP contribution in [0.15, 0.2) is 24.3 Å². The van der Waals surface area contributed by atoms with Crippen molar-refractivity contribution in [3.63, 3.8) is 0 Å². The lowest BCUT2D eigenvalue weighted by Gasteiger charge is -2.08. The quantitative estimate of drug-likeness (QED) is 0.913. The third-order valence-electron chi connectivity index (χ3n) is 3.17. The smallest absolute Gasteiger partial charge is 0.163 e. The summed E-state index contributed by atoms with van der Waals surface area (Å²) in [4.78, 5) is 9.10. The van der Waals surface area contributed by atoms with Crippen molar-refractivity contribution in [1.82, 2.24) is 9.97 Å². The van der Waals surface area contributed by atoms with E-state index in [1.807, 2.05) is 19.2 Å². The summed E-state index contributed by atoms with van der Waals surface area (Å²) in [5.41, 5.74) is 1.89. The summed E-state index contributed by atoms with van der Waals surface area (Å²) < 4.78 is 0. The molecule has 1 aliphatic carbocycles. The number of rotatable bonds is 3. The van der Waals surface area contributed by atoms with Gasteiger partial charge in [-0.25, -0.2) is 9.97 Å². The zero-order chi connectivity index (χ0) is 13.4. The van der Waals surface area contributed by atoms with Gasteiger partial charge in [0.25, 0.3) is 0 Å². The zero-order valence-corrected chi connectivity index (χ0v) is 12.0. The SMILES string of the molecule is CNc1cc(C2CC2)nc(-c2ccc(Cl)cc2Cl)n1. The Morgan fingerprint density at radius 3 is 2.58 bits per heavy atom. The Kier molecular flexibility index (Phi) is 3.33. The largest absolute Gasteiger partial charge is 0.373 e. The van der Waals surface area contributed by atoms with Gasteiger partial charge < -0.3 is 5.32 Å². The molecule has 0 amide bonds. The number of halogens is 2. The Labute approximate surface area is 122 Å². The summed E-state index contributed by atoms with van der Waals surface area (Å²) in [6, 6.07) is 7.38. The monoisotopic (exact) mass is 293 g/mol. The van der Waals surface area contributed by atoms with Gasteiger partial charge in [0.1, 0.15) is 5.82 Å². The minimum absolute atomic E-state index is 0.569.